The number of nitrogens with zero attached hydrogens (tertiary/aromatic N) is 1. The Labute approximate surface area is 219 Å². The van der Waals surface area contributed by atoms with Crippen LogP contribution in [0.2, 0.25) is 0 Å². The minimum atomic E-state index is -3.92. The van der Waals surface area contributed by atoms with Gasteiger partial charge >= 0.3 is 0 Å². The number of benzene rings is 4. The van der Waals surface area contributed by atoms with Gasteiger partial charge in [0.25, 0.3) is 10.0 Å². The topological polar surface area (TPSA) is 56.1 Å². The van der Waals surface area contributed by atoms with E-state index in [1.54, 1.807) is 36.4 Å². The van der Waals surface area contributed by atoms with E-state index in [0.717, 1.165) is 26.5 Å². The van der Waals surface area contributed by atoms with Crippen molar-refractivity contribution in [2.24, 2.45) is 0 Å². The largest absolute Gasteiger partial charge is 0.294 e. The summed E-state index contributed by atoms with van der Waals surface area (Å²) in [6.45, 7) is 1.92. The van der Waals surface area contributed by atoms with Crippen LogP contribution in [0.4, 0.5) is 0 Å². The summed E-state index contributed by atoms with van der Waals surface area (Å²) in [4.78, 5) is 13.3. The Morgan fingerprint density at radius 1 is 0.806 bits per heavy atom. The van der Waals surface area contributed by atoms with Crippen molar-refractivity contribution in [1.82, 2.24) is 3.97 Å². The zero-order valence-electron chi connectivity index (χ0n) is 19.7. The van der Waals surface area contributed by atoms with E-state index in [-0.39, 0.29) is 23.5 Å². The molecule has 0 radical (unpaired) electrons. The summed E-state index contributed by atoms with van der Waals surface area (Å²) < 4.78 is 30.4. The summed E-state index contributed by atoms with van der Waals surface area (Å²) in [5, 5.41) is 0.838. The lowest BCUT2D eigenvalue weighted by Gasteiger charge is -2.14. The first-order valence-corrected chi connectivity index (χ1v) is 13.9. The Bertz CT molecular complexity index is 1650. The van der Waals surface area contributed by atoms with Crippen LogP contribution in [0.25, 0.3) is 22.0 Å². The highest BCUT2D eigenvalue weighted by Gasteiger charge is 2.27. The smallest absolute Gasteiger partial charge is 0.268 e. The van der Waals surface area contributed by atoms with Crippen molar-refractivity contribution in [3.8, 4) is 11.1 Å². The molecule has 0 unspecified atom stereocenters. The molecule has 0 spiro atoms. The molecule has 1 aromatic heterocycles. The van der Waals surface area contributed by atoms with Gasteiger partial charge in [0.05, 0.1) is 10.4 Å². The first-order valence-electron chi connectivity index (χ1n) is 11.6. The molecule has 0 N–H and O–H groups in total. The predicted molar refractivity (Wildman–Crippen MR) is 148 cm³/mol. The Kier molecular flexibility index (Phi) is 6.65. The predicted octanol–water partition coefficient (Wildman–Crippen LogP) is 7.43. The minimum Gasteiger partial charge on any atom is -0.294 e. The SMILES string of the molecule is Cc1ccc(S(=O)(=O)n2c(CCC(=O)c3ccc(Br)cc3)c(-c3ccccc3)c3ccccc32)cc1. The third-order valence-corrected chi connectivity index (χ3v) is 8.60. The van der Waals surface area contributed by atoms with Gasteiger partial charge in [-0.2, -0.15) is 0 Å². The zero-order valence-corrected chi connectivity index (χ0v) is 22.1. The van der Waals surface area contributed by atoms with Crippen molar-refractivity contribution < 1.29 is 13.2 Å². The van der Waals surface area contributed by atoms with E-state index >= 15 is 0 Å². The van der Waals surface area contributed by atoms with Crippen molar-refractivity contribution >= 4 is 42.6 Å². The molecule has 5 rings (SSSR count). The van der Waals surface area contributed by atoms with Crippen molar-refractivity contribution in [2.75, 3.05) is 0 Å². The van der Waals surface area contributed by atoms with Gasteiger partial charge in [0.1, 0.15) is 0 Å². The van der Waals surface area contributed by atoms with Crippen LogP contribution in [0.3, 0.4) is 0 Å². The monoisotopic (exact) mass is 557 g/mol. The normalized spacial score (nSPS) is 11.6. The standard InChI is InChI=1S/C30H24BrNO3S/c1-21-11-17-25(18-12-21)36(34,35)32-27-10-6-5-9-26(27)30(23-7-3-2-4-8-23)28(32)19-20-29(33)22-13-15-24(31)16-14-22/h2-18H,19-20H2,1H3. The van der Waals surface area contributed by atoms with E-state index in [0.29, 0.717) is 16.8 Å². The fourth-order valence-corrected chi connectivity index (χ4v) is 6.37. The quantitative estimate of drug-likeness (QED) is 0.195. The van der Waals surface area contributed by atoms with Crippen LogP contribution in [0, 0.1) is 6.92 Å². The summed E-state index contributed by atoms with van der Waals surface area (Å²) in [5.74, 6) is -0.0361. The molecular weight excluding hydrogens is 534 g/mol. The first kappa shape index (κ1) is 24.2. The third-order valence-electron chi connectivity index (χ3n) is 6.30. The van der Waals surface area contributed by atoms with Gasteiger partial charge in [-0.1, -0.05) is 94.3 Å². The first-order chi connectivity index (χ1) is 17.4. The number of carbonyl (C=O) groups excluding carboxylic acids is 1. The van der Waals surface area contributed by atoms with Crippen LogP contribution in [0.15, 0.2) is 112 Å². The Balaban J connectivity index is 1.70. The van der Waals surface area contributed by atoms with Gasteiger partial charge < -0.3 is 0 Å². The van der Waals surface area contributed by atoms with Crippen molar-refractivity contribution in [1.29, 1.82) is 0 Å². The molecule has 5 aromatic rings. The van der Waals surface area contributed by atoms with E-state index < -0.39 is 10.0 Å². The summed E-state index contributed by atoms with van der Waals surface area (Å²) in [7, 11) is -3.92. The number of carbonyl (C=O) groups is 1. The minimum absolute atomic E-state index is 0.0361. The second kappa shape index (κ2) is 9.88. The number of aryl methyl sites for hydroxylation is 1. The number of aromatic nitrogens is 1. The molecule has 4 aromatic carbocycles. The van der Waals surface area contributed by atoms with Gasteiger partial charge in [-0.3, -0.25) is 4.79 Å². The molecule has 0 aliphatic rings. The van der Waals surface area contributed by atoms with Gasteiger partial charge in [-0.25, -0.2) is 12.4 Å². The molecule has 0 saturated heterocycles. The van der Waals surface area contributed by atoms with E-state index in [1.165, 1.54) is 3.97 Å². The number of fused-ring (bicyclic) bond motifs is 1. The Hall–Kier alpha value is -3.48. The number of hydrogen-bond donors (Lipinski definition) is 0. The molecular formula is C30H24BrNO3S. The molecule has 0 amide bonds. The molecule has 0 atom stereocenters. The van der Waals surface area contributed by atoms with Gasteiger partial charge in [-0.15, -0.1) is 0 Å². The molecule has 4 nitrogen and oxygen atoms in total. The molecule has 0 bridgehead atoms. The van der Waals surface area contributed by atoms with Gasteiger partial charge in [-0.05, 0) is 49.2 Å². The van der Waals surface area contributed by atoms with Crippen LogP contribution in [0.5, 0.6) is 0 Å². The summed E-state index contributed by atoms with van der Waals surface area (Å²) in [6, 6.07) is 31.4. The van der Waals surface area contributed by atoms with E-state index in [1.807, 2.05) is 73.7 Å². The molecule has 1 heterocycles. The van der Waals surface area contributed by atoms with Crippen LogP contribution in [-0.2, 0) is 16.4 Å². The van der Waals surface area contributed by atoms with E-state index in [9.17, 15) is 13.2 Å². The molecule has 0 fully saturated rings. The van der Waals surface area contributed by atoms with Crippen molar-refractivity contribution in [3.05, 3.63) is 124 Å². The number of para-hydroxylation sites is 1. The van der Waals surface area contributed by atoms with E-state index in [4.69, 9.17) is 0 Å². The molecule has 0 saturated carbocycles. The van der Waals surface area contributed by atoms with E-state index in [2.05, 4.69) is 15.9 Å². The van der Waals surface area contributed by atoms with Crippen LogP contribution in [0.1, 0.15) is 28.0 Å². The molecule has 180 valence electrons. The lowest BCUT2D eigenvalue weighted by atomic mass is 9.98. The Morgan fingerprint density at radius 3 is 2.14 bits per heavy atom. The van der Waals surface area contributed by atoms with Crippen LogP contribution < -0.4 is 0 Å². The lowest BCUT2D eigenvalue weighted by molar-refractivity contribution is 0.0982. The second-order valence-corrected chi connectivity index (χ2v) is 11.4. The van der Waals surface area contributed by atoms with Gasteiger partial charge in [0.15, 0.2) is 5.78 Å². The maximum absolute atomic E-state index is 14.0. The molecule has 36 heavy (non-hydrogen) atoms. The maximum Gasteiger partial charge on any atom is 0.268 e. The lowest BCUT2D eigenvalue weighted by Crippen LogP contribution is -2.17. The maximum atomic E-state index is 14.0. The van der Waals surface area contributed by atoms with Crippen molar-refractivity contribution in [3.63, 3.8) is 0 Å². The second-order valence-electron chi connectivity index (χ2n) is 8.72. The highest BCUT2D eigenvalue weighted by Crippen LogP contribution is 2.38. The molecule has 6 heteroatoms. The van der Waals surface area contributed by atoms with Gasteiger partial charge in [0.2, 0.25) is 0 Å². The highest BCUT2D eigenvalue weighted by atomic mass is 79.9. The third kappa shape index (κ3) is 4.54. The summed E-state index contributed by atoms with van der Waals surface area (Å²) in [5.41, 5.74) is 4.54. The zero-order chi connectivity index (χ0) is 25.3. The molecule has 0 aliphatic carbocycles. The molecule has 0 aliphatic heterocycles. The van der Waals surface area contributed by atoms with Crippen LogP contribution in [-0.4, -0.2) is 18.2 Å². The fraction of sp³-hybridized carbons (Fsp3) is 0.100. The van der Waals surface area contributed by atoms with Gasteiger partial charge in [0, 0.05) is 33.1 Å². The summed E-state index contributed by atoms with van der Waals surface area (Å²) in [6.07, 6.45) is 0.458. The fourth-order valence-electron chi connectivity index (χ4n) is 4.52. The Morgan fingerprint density at radius 2 is 1.44 bits per heavy atom. The number of ketones is 1. The average Bonchev–Trinajstić information content (AvgIpc) is 3.23. The van der Waals surface area contributed by atoms with Crippen LogP contribution >= 0.6 is 15.9 Å². The number of Topliss-reactive ketones (excluding diaryl/α,β-unsaturated/α-hetero) is 1. The highest BCUT2D eigenvalue weighted by molar-refractivity contribution is 9.10. The van der Waals surface area contributed by atoms with Crippen molar-refractivity contribution in [2.45, 2.75) is 24.7 Å². The summed E-state index contributed by atoms with van der Waals surface area (Å²) >= 11 is 3.40. The number of halogens is 1. The number of rotatable bonds is 7. The number of hydrogen-bond acceptors (Lipinski definition) is 3. The average molecular weight is 558 g/mol.